The summed E-state index contributed by atoms with van der Waals surface area (Å²) in [5.41, 5.74) is 2.21. The number of para-hydroxylation sites is 1. The van der Waals surface area contributed by atoms with Gasteiger partial charge < -0.3 is 19.7 Å². The number of anilines is 1. The number of piperidine rings is 1. The quantitative estimate of drug-likeness (QED) is 0.633. The van der Waals surface area contributed by atoms with E-state index in [2.05, 4.69) is 25.7 Å². The molecule has 32 heavy (non-hydrogen) atoms. The third-order valence-corrected chi connectivity index (χ3v) is 5.74. The van der Waals surface area contributed by atoms with Crippen molar-refractivity contribution in [3.63, 3.8) is 0 Å². The van der Waals surface area contributed by atoms with Crippen LogP contribution in [0.1, 0.15) is 46.5 Å². The molecule has 1 N–H and O–H groups in total. The topological polar surface area (TPSA) is 67.9 Å². The van der Waals surface area contributed by atoms with Gasteiger partial charge in [-0.15, -0.1) is 6.58 Å². The van der Waals surface area contributed by atoms with Crippen LogP contribution in [-0.2, 0) is 6.42 Å². The molecule has 1 aliphatic heterocycles. The lowest BCUT2D eigenvalue weighted by Crippen LogP contribution is -2.42. The van der Waals surface area contributed by atoms with Gasteiger partial charge in [-0.2, -0.15) is 0 Å². The number of ether oxygens (including phenoxy) is 2. The lowest BCUT2D eigenvalue weighted by molar-refractivity contribution is 0.0624. The number of rotatable bonds is 7. The molecule has 6 heteroatoms. The predicted molar refractivity (Wildman–Crippen MR) is 127 cm³/mol. The first-order valence-corrected chi connectivity index (χ1v) is 10.9. The molecular weight excluding hydrogens is 404 g/mol. The van der Waals surface area contributed by atoms with Crippen LogP contribution in [0.3, 0.4) is 0 Å². The highest BCUT2D eigenvalue weighted by atomic mass is 16.5. The van der Waals surface area contributed by atoms with Crippen molar-refractivity contribution in [3.05, 3.63) is 65.7 Å². The summed E-state index contributed by atoms with van der Waals surface area (Å²) in [5, 5.41) is 2.92. The maximum Gasteiger partial charge on any atom is 0.255 e. The van der Waals surface area contributed by atoms with Crippen LogP contribution in [0, 0.1) is 11.8 Å². The molecule has 0 radical (unpaired) electrons. The van der Waals surface area contributed by atoms with Crippen LogP contribution in [0.15, 0.2) is 49.1 Å². The molecule has 0 bridgehead atoms. The number of methoxy groups -OCH3 is 2. The minimum Gasteiger partial charge on any atom is -0.493 e. The molecule has 1 fully saturated rings. The molecule has 1 saturated heterocycles. The van der Waals surface area contributed by atoms with E-state index in [1.807, 2.05) is 17.0 Å². The molecule has 2 aromatic carbocycles. The fourth-order valence-corrected chi connectivity index (χ4v) is 4.45. The number of likely N-dealkylation sites (tertiary alicyclic amines) is 1. The zero-order valence-electron chi connectivity index (χ0n) is 19.3. The lowest BCUT2D eigenvalue weighted by atomic mass is 9.91. The summed E-state index contributed by atoms with van der Waals surface area (Å²) < 4.78 is 10.9. The van der Waals surface area contributed by atoms with E-state index in [0.717, 1.165) is 25.1 Å². The molecule has 2 unspecified atom stereocenters. The van der Waals surface area contributed by atoms with Crippen LogP contribution in [0.4, 0.5) is 5.69 Å². The molecule has 170 valence electrons. The van der Waals surface area contributed by atoms with Gasteiger partial charge in [0.1, 0.15) is 0 Å². The highest BCUT2D eigenvalue weighted by Crippen LogP contribution is 2.33. The van der Waals surface area contributed by atoms with E-state index < -0.39 is 0 Å². The van der Waals surface area contributed by atoms with E-state index in [0.29, 0.717) is 46.6 Å². The maximum atomic E-state index is 13.3. The highest BCUT2D eigenvalue weighted by Gasteiger charge is 2.27. The fourth-order valence-electron chi connectivity index (χ4n) is 4.45. The Bertz CT molecular complexity index is 991. The molecule has 1 heterocycles. The van der Waals surface area contributed by atoms with E-state index in [4.69, 9.17) is 9.47 Å². The number of allylic oxidation sites excluding steroid dienone is 1. The second-order valence-electron chi connectivity index (χ2n) is 8.52. The second kappa shape index (κ2) is 10.4. The highest BCUT2D eigenvalue weighted by molar-refractivity contribution is 6.09. The van der Waals surface area contributed by atoms with Gasteiger partial charge in [-0.25, -0.2) is 0 Å². The predicted octanol–water partition coefficient (Wildman–Crippen LogP) is 4.80. The smallest absolute Gasteiger partial charge is 0.255 e. The fraction of sp³-hybridized carbons (Fsp3) is 0.385. The Hall–Kier alpha value is -3.28. The summed E-state index contributed by atoms with van der Waals surface area (Å²) in [7, 11) is 3.10. The van der Waals surface area contributed by atoms with Gasteiger partial charge >= 0.3 is 0 Å². The largest absolute Gasteiger partial charge is 0.493 e. The van der Waals surface area contributed by atoms with Crippen molar-refractivity contribution < 1.29 is 19.1 Å². The first-order chi connectivity index (χ1) is 15.4. The molecule has 0 aliphatic carbocycles. The number of nitrogens with one attached hydrogen (secondary N) is 1. The molecule has 3 rings (SSSR count). The van der Waals surface area contributed by atoms with Crippen molar-refractivity contribution >= 4 is 17.5 Å². The van der Waals surface area contributed by atoms with Crippen molar-refractivity contribution in [1.29, 1.82) is 0 Å². The van der Waals surface area contributed by atoms with Crippen molar-refractivity contribution in [2.75, 3.05) is 32.6 Å². The number of carbonyl (C=O) groups excluding carboxylic acids is 2. The normalized spacial score (nSPS) is 18.1. The number of hydrogen-bond donors (Lipinski definition) is 1. The summed E-state index contributed by atoms with van der Waals surface area (Å²) in [6, 6.07) is 10.5. The van der Waals surface area contributed by atoms with Gasteiger partial charge in [0.15, 0.2) is 11.5 Å². The van der Waals surface area contributed by atoms with Gasteiger partial charge in [-0.05, 0) is 48.9 Å². The van der Waals surface area contributed by atoms with E-state index in [-0.39, 0.29) is 11.8 Å². The van der Waals surface area contributed by atoms with Crippen molar-refractivity contribution in [1.82, 2.24) is 4.90 Å². The lowest BCUT2D eigenvalue weighted by Gasteiger charge is -2.35. The minimum absolute atomic E-state index is 0.0565. The third kappa shape index (κ3) is 5.13. The Labute approximate surface area is 190 Å². The maximum absolute atomic E-state index is 13.3. The Morgan fingerprint density at radius 1 is 1.12 bits per heavy atom. The molecular formula is C26H32N2O4. The van der Waals surface area contributed by atoms with Crippen LogP contribution in [0.2, 0.25) is 0 Å². The second-order valence-corrected chi connectivity index (χ2v) is 8.52. The van der Waals surface area contributed by atoms with E-state index in [1.165, 1.54) is 7.11 Å². The van der Waals surface area contributed by atoms with Crippen LogP contribution in [0.5, 0.6) is 11.5 Å². The zero-order valence-corrected chi connectivity index (χ0v) is 19.3. The van der Waals surface area contributed by atoms with Gasteiger partial charge in [0.2, 0.25) is 0 Å². The van der Waals surface area contributed by atoms with Crippen molar-refractivity contribution in [2.45, 2.75) is 26.7 Å². The van der Waals surface area contributed by atoms with Gasteiger partial charge in [-0.3, -0.25) is 9.59 Å². The SMILES string of the molecule is C=CCc1cc(C(=O)Nc2ccccc2C(=O)N2CC(C)CC(C)C2)cc(OC)c1OC. The summed E-state index contributed by atoms with van der Waals surface area (Å²) >= 11 is 0. The molecule has 0 spiro atoms. The number of benzene rings is 2. The van der Waals surface area contributed by atoms with E-state index in [9.17, 15) is 9.59 Å². The van der Waals surface area contributed by atoms with Crippen LogP contribution in [0.25, 0.3) is 0 Å². The summed E-state index contributed by atoms with van der Waals surface area (Å²) in [5.74, 6) is 1.58. The van der Waals surface area contributed by atoms with Crippen LogP contribution >= 0.6 is 0 Å². The third-order valence-electron chi connectivity index (χ3n) is 5.74. The average Bonchev–Trinajstić information content (AvgIpc) is 2.78. The molecule has 0 aromatic heterocycles. The first kappa shape index (κ1) is 23.4. The standard InChI is InChI=1S/C26H32N2O4/c1-6-9-19-13-20(14-23(31-4)24(19)32-5)25(29)27-22-11-8-7-10-21(22)26(30)28-15-17(2)12-18(3)16-28/h6-8,10-11,13-14,17-18H,1,9,12,15-16H2,2-5H3,(H,27,29). The first-order valence-electron chi connectivity index (χ1n) is 10.9. The van der Waals surface area contributed by atoms with Gasteiger partial charge in [0.05, 0.1) is 25.5 Å². The summed E-state index contributed by atoms with van der Waals surface area (Å²) in [4.78, 5) is 28.3. The number of carbonyl (C=O) groups is 2. The summed E-state index contributed by atoms with van der Waals surface area (Å²) in [6.07, 6.45) is 3.39. The Kier molecular flexibility index (Phi) is 7.57. The zero-order chi connectivity index (χ0) is 23.3. The monoisotopic (exact) mass is 436 g/mol. The number of nitrogens with zero attached hydrogens (tertiary/aromatic N) is 1. The molecule has 2 amide bonds. The number of amides is 2. The summed E-state index contributed by atoms with van der Waals surface area (Å²) in [6.45, 7) is 9.57. The van der Waals surface area contributed by atoms with Gasteiger partial charge in [0.25, 0.3) is 11.8 Å². The van der Waals surface area contributed by atoms with E-state index in [1.54, 1.807) is 37.5 Å². The van der Waals surface area contributed by atoms with Crippen LogP contribution in [-0.4, -0.2) is 44.0 Å². The molecule has 0 saturated carbocycles. The Morgan fingerprint density at radius 3 is 2.44 bits per heavy atom. The van der Waals surface area contributed by atoms with Gasteiger partial charge in [-0.1, -0.05) is 32.1 Å². The van der Waals surface area contributed by atoms with E-state index >= 15 is 0 Å². The number of hydrogen-bond acceptors (Lipinski definition) is 4. The molecule has 6 nitrogen and oxygen atoms in total. The minimum atomic E-state index is -0.322. The molecule has 2 aromatic rings. The molecule has 1 aliphatic rings. The van der Waals surface area contributed by atoms with Crippen LogP contribution < -0.4 is 14.8 Å². The Morgan fingerprint density at radius 2 is 1.81 bits per heavy atom. The molecule has 2 atom stereocenters. The van der Waals surface area contributed by atoms with Crippen molar-refractivity contribution in [3.8, 4) is 11.5 Å². The van der Waals surface area contributed by atoms with Crippen molar-refractivity contribution in [2.24, 2.45) is 11.8 Å². The van der Waals surface area contributed by atoms with Gasteiger partial charge in [0, 0.05) is 24.2 Å². The Balaban J connectivity index is 1.89. The average molecular weight is 437 g/mol.